The van der Waals surface area contributed by atoms with Crippen LogP contribution in [0.3, 0.4) is 0 Å². The number of hydrogen-bond donors (Lipinski definition) is 1. The van der Waals surface area contributed by atoms with Crippen LogP contribution in [0.15, 0.2) is 53.0 Å². The number of nitrogens with one attached hydrogen (secondary N) is 1. The standard InChI is InChI=1S/C17H17BrFNOS/c1-12(14-4-6-15(18)7-5-14)20-17(21)11-22-10-13-2-8-16(19)9-3-13/h2-9,12H,10-11H2,1H3,(H,20,21)/t12-/m0/s1. The average molecular weight is 382 g/mol. The molecule has 0 aliphatic carbocycles. The van der Waals surface area contributed by atoms with Crippen LogP contribution in [0.25, 0.3) is 0 Å². The SMILES string of the molecule is C[C@H](NC(=O)CSCc1ccc(F)cc1)c1ccc(Br)cc1. The molecule has 0 bridgehead atoms. The van der Waals surface area contributed by atoms with Crippen molar-refractivity contribution in [3.63, 3.8) is 0 Å². The van der Waals surface area contributed by atoms with Gasteiger partial charge in [-0.2, -0.15) is 0 Å². The lowest BCUT2D eigenvalue weighted by Gasteiger charge is -2.14. The predicted molar refractivity (Wildman–Crippen MR) is 93.3 cm³/mol. The van der Waals surface area contributed by atoms with E-state index in [1.54, 1.807) is 12.1 Å². The molecule has 1 amide bonds. The van der Waals surface area contributed by atoms with Crippen molar-refractivity contribution in [3.8, 4) is 0 Å². The summed E-state index contributed by atoms with van der Waals surface area (Å²) in [6.45, 7) is 1.96. The normalized spacial score (nSPS) is 12.0. The summed E-state index contributed by atoms with van der Waals surface area (Å²) in [6.07, 6.45) is 0. The van der Waals surface area contributed by atoms with Crippen LogP contribution in [0, 0.1) is 5.82 Å². The Morgan fingerprint density at radius 2 is 1.82 bits per heavy atom. The maximum Gasteiger partial charge on any atom is 0.230 e. The molecule has 2 nitrogen and oxygen atoms in total. The van der Waals surface area contributed by atoms with Crippen LogP contribution in [-0.4, -0.2) is 11.7 Å². The molecule has 0 saturated heterocycles. The Morgan fingerprint density at radius 3 is 2.45 bits per heavy atom. The number of amides is 1. The van der Waals surface area contributed by atoms with Crippen LogP contribution < -0.4 is 5.32 Å². The molecule has 0 unspecified atom stereocenters. The summed E-state index contributed by atoms with van der Waals surface area (Å²) in [7, 11) is 0. The van der Waals surface area contributed by atoms with Gasteiger partial charge in [-0.05, 0) is 42.3 Å². The zero-order chi connectivity index (χ0) is 15.9. The monoisotopic (exact) mass is 381 g/mol. The summed E-state index contributed by atoms with van der Waals surface area (Å²) in [4.78, 5) is 11.9. The molecule has 0 heterocycles. The molecule has 2 rings (SSSR count). The molecular formula is C17H17BrFNOS. The van der Waals surface area contributed by atoms with Crippen molar-refractivity contribution in [1.82, 2.24) is 5.32 Å². The molecule has 2 aromatic rings. The Morgan fingerprint density at radius 1 is 1.18 bits per heavy atom. The van der Waals surface area contributed by atoms with E-state index in [2.05, 4.69) is 21.2 Å². The summed E-state index contributed by atoms with van der Waals surface area (Å²) in [5, 5.41) is 2.98. The number of benzene rings is 2. The van der Waals surface area contributed by atoms with E-state index < -0.39 is 0 Å². The first-order valence-corrected chi connectivity index (χ1v) is 8.86. The summed E-state index contributed by atoms with van der Waals surface area (Å²) < 4.78 is 13.8. The van der Waals surface area contributed by atoms with E-state index in [0.717, 1.165) is 15.6 Å². The van der Waals surface area contributed by atoms with Crippen molar-refractivity contribution in [1.29, 1.82) is 0 Å². The lowest BCUT2D eigenvalue weighted by atomic mass is 10.1. The predicted octanol–water partition coefficient (Wildman–Crippen LogP) is 4.70. The van der Waals surface area contributed by atoms with E-state index in [1.165, 1.54) is 23.9 Å². The van der Waals surface area contributed by atoms with E-state index in [4.69, 9.17) is 0 Å². The Balaban J connectivity index is 1.75. The molecule has 116 valence electrons. The highest BCUT2D eigenvalue weighted by atomic mass is 79.9. The van der Waals surface area contributed by atoms with Gasteiger partial charge in [0.05, 0.1) is 11.8 Å². The van der Waals surface area contributed by atoms with Crippen LogP contribution in [-0.2, 0) is 10.5 Å². The van der Waals surface area contributed by atoms with Crippen LogP contribution in [0.1, 0.15) is 24.1 Å². The molecule has 1 N–H and O–H groups in total. The van der Waals surface area contributed by atoms with Crippen molar-refractivity contribution < 1.29 is 9.18 Å². The van der Waals surface area contributed by atoms with Crippen molar-refractivity contribution >= 4 is 33.6 Å². The molecule has 0 fully saturated rings. The van der Waals surface area contributed by atoms with E-state index in [0.29, 0.717) is 11.5 Å². The fourth-order valence-corrected chi connectivity index (χ4v) is 3.02. The maximum atomic E-state index is 12.8. The molecule has 5 heteroatoms. The molecule has 0 radical (unpaired) electrons. The van der Waals surface area contributed by atoms with E-state index in [-0.39, 0.29) is 17.8 Å². The molecule has 0 aliphatic rings. The highest BCUT2D eigenvalue weighted by Gasteiger charge is 2.09. The number of rotatable bonds is 6. The van der Waals surface area contributed by atoms with Gasteiger partial charge in [-0.15, -0.1) is 11.8 Å². The summed E-state index contributed by atoms with van der Waals surface area (Å²) >= 11 is 4.91. The van der Waals surface area contributed by atoms with Crippen molar-refractivity contribution in [3.05, 3.63) is 69.9 Å². The zero-order valence-corrected chi connectivity index (χ0v) is 14.6. The molecule has 2 aromatic carbocycles. The topological polar surface area (TPSA) is 29.1 Å². The molecule has 1 atom stereocenters. The Labute approximate surface area is 142 Å². The zero-order valence-electron chi connectivity index (χ0n) is 12.2. The molecule has 0 spiro atoms. The smallest absolute Gasteiger partial charge is 0.230 e. The highest BCUT2D eigenvalue weighted by molar-refractivity contribution is 9.10. The molecule has 0 saturated carbocycles. The van der Waals surface area contributed by atoms with Gasteiger partial charge >= 0.3 is 0 Å². The summed E-state index contributed by atoms with van der Waals surface area (Å²) in [6, 6.07) is 14.2. The molecule has 0 aromatic heterocycles. The van der Waals surface area contributed by atoms with Crippen LogP contribution in [0.5, 0.6) is 0 Å². The van der Waals surface area contributed by atoms with E-state index >= 15 is 0 Å². The second-order valence-corrected chi connectivity index (χ2v) is 6.86. The van der Waals surface area contributed by atoms with Gasteiger partial charge < -0.3 is 5.32 Å². The second kappa shape index (κ2) is 8.34. The van der Waals surface area contributed by atoms with Crippen molar-refractivity contribution in [2.24, 2.45) is 0 Å². The third kappa shape index (κ3) is 5.46. The third-order valence-electron chi connectivity index (χ3n) is 3.16. The largest absolute Gasteiger partial charge is 0.349 e. The summed E-state index contributed by atoms with van der Waals surface area (Å²) in [5.41, 5.74) is 2.08. The van der Waals surface area contributed by atoms with Gasteiger partial charge in [0.1, 0.15) is 5.82 Å². The maximum absolute atomic E-state index is 12.8. The fraction of sp³-hybridized carbons (Fsp3) is 0.235. The van der Waals surface area contributed by atoms with E-state index in [1.807, 2.05) is 31.2 Å². The van der Waals surface area contributed by atoms with Gasteiger partial charge in [-0.25, -0.2) is 4.39 Å². The van der Waals surface area contributed by atoms with Gasteiger partial charge in [0.25, 0.3) is 0 Å². The van der Waals surface area contributed by atoms with Crippen molar-refractivity contribution in [2.75, 3.05) is 5.75 Å². The average Bonchev–Trinajstić information content (AvgIpc) is 2.50. The number of carbonyl (C=O) groups is 1. The minimum atomic E-state index is -0.241. The minimum absolute atomic E-state index is 0.00234. The lowest BCUT2D eigenvalue weighted by Crippen LogP contribution is -2.28. The minimum Gasteiger partial charge on any atom is -0.349 e. The summed E-state index contributed by atoms with van der Waals surface area (Å²) in [5.74, 6) is 0.843. The highest BCUT2D eigenvalue weighted by Crippen LogP contribution is 2.17. The second-order valence-electron chi connectivity index (χ2n) is 4.96. The van der Waals surface area contributed by atoms with Gasteiger partial charge in [0.15, 0.2) is 0 Å². The quantitative estimate of drug-likeness (QED) is 0.785. The number of thioether (sulfide) groups is 1. The van der Waals surface area contributed by atoms with Gasteiger partial charge in [-0.3, -0.25) is 4.79 Å². The first kappa shape index (κ1) is 17.0. The number of hydrogen-bond acceptors (Lipinski definition) is 2. The molecule has 22 heavy (non-hydrogen) atoms. The van der Waals surface area contributed by atoms with Crippen molar-refractivity contribution in [2.45, 2.75) is 18.7 Å². The van der Waals surface area contributed by atoms with Gasteiger partial charge in [0.2, 0.25) is 5.91 Å². The third-order valence-corrected chi connectivity index (χ3v) is 4.70. The molecular weight excluding hydrogens is 365 g/mol. The van der Waals surface area contributed by atoms with Crippen LogP contribution in [0.4, 0.5) is 4.39 Å². The number of halogens is 2. The van der Waals surface area contributed by atoms with Crippen LogP contribution in [0.2, 0.25) is 0 Å². The first-order valence-electron chi connectivity index (χ1n) is 6.91. The van der Waals surface area contributed by atoms with Crippen LogP contribution >= 0.6 is 27.7 Å². The van der Waals surface area contributed by atoms with E-state index in [9.17, 15) is 9.18 Å². The molecule has 0 aliphatic heterocycles. The Kier molecular flexibility index (Phi) is 6.46. The van der Waals surface area contributed by atoms with Gasteiger partial charge in [0, 0.05) is 10.2 Å². The Bertz CT molecular complexity index is 616. The Hall–Kier alpha value is -1.33. The number of carbonyl (C=O) groups excluding carboxylic acids is 1. The first-order chi connectivity index (χ1) is 10.5. The van der Waals surface area contributed by atoms with Gasteiger partial charge in [-0.1, -0.05) is 40.2 Å². The fourth-order valence-electron chi connectivity index (χ4n) is 1.96. The lowest BCUT2D eigenvalue weighted by molar-refractivity contribution is -0.119.